The van der Waals surface area contributed by atoms with E-state index in [1.165, 1.54) is 26.2 Å². The van der Waals surface area contributed by atoms with Crippen LogP contribution in [0.3, 0.4) is 0 Å². The Morgan fingerprint density at radius 1 is 0.905 bits per heavy atom. The first-order valence-electron chi connectivity index (χ1n) is 8.00. The Hall–Kier alpha value is 0.870. The molecular formula is C15H31NaO4S. The second-order valence-electron chi connectivity index (χ2n) is 5.80. The number of rotatable bonds is 13. The minimum atomic E-state index is -4.11. The first-order chi connectivity index (χ1) is 9.38. The molecule has 2 atom stereocenters. The van der Waals surface area contributed by atoms with Crippen molar-refractivity contribution in [1.82, 2.24) is 0 Å². The second kappa shape index (κ2) is 14.5. The fraction of sp³-hybridized carbons (Fsp3) is 1.00. The molecule has 1 N–H and O–H groups in total. The summed E-state index contributed by atoms with van der Waals surface area (Å²) in [5.74, 6) is 0. The number of aliphatic hydroxyl groups is 1. The first-order valence-corrected chi connectivity index (χ1v) is 9.47. The molecule has 21 heavy (non-hydrogen) atoms. The van der Waals surface area contributed by atoms with Gasteiger partial charge in [0, 0.05) is 5.25 Å². The Bertz CT molecular complexity index is 320. The molecule has 0 aromatic carbocycles. The fourth-order valence-electron chi connectivity index (χ4n) is 2.26. The van der Waals surface area contributed by atoms with E-state index in [1.54, 1.807) is 0 Å². The first kappa shape index (κ1) is 24.1. The number of aliphatic hydroxyl groups excluding tert-OH is 1. The van der Waals surface area contributed by atoms with Gasteiger partial charge in [0.2, 0.25) is 0 Å². The van der Waals surface area contributed by atoms with E-state index >= 15 is 0 Å². The third kappa shape index (κ3) is 15.5. The van der Waals surface area contributed by atoms with Crippen molar-refractivity contribution in [2.24, 2.45) is 0 Å². The van der Waals surface area contributed by atoms with E-state index in [9.17, 15) is 18.1 Å². The molecule has 122 valence electrons. The average molecular weight is 330 g/mol. The van der Waals surface area contributed by atoms with Crippen molar-refractivity contribution >= 4 is 10.1 Å². The predicted octanol–water partition coefficient (Wildman–Crippen LogP) is 0.596. The summed E-state index contributed by atoms with van der Waals surface area (Å²) in [7, 11) is -4.11. The van der Waals surface area contributed by atoms with Crippen LogP contribution in [0.25, 0.3) is 0 Å². The summed E-state index contributed by atoms with van der Waals surface area (Å²) < 4.78 is 32.1. The molecule has 0 aromatic heterocycles. The van der Waals surface area contributed by atoms with Crippen molar-refractivity contribution in [1.29, 1.82) is 0 Å². The molecule has 4 nitrogen and oxygen atoms in total. The molecule has 0 heterocycles. The topological polar surface area (TPSA) is 77.4 Å². The smallest absolute Gasteiger partial charge is 0.748 e. The van der Waals surface area contributed by atoms with Crippen LogP contribution in [0.1, 0.15) is 84.5 Å². The molecule has 0 rings (SSSR count). The van der Waals surface area contributed by atoms with Crippen LogP contribution in [-0.4, -0.2) is 29.4 Å². The van der Waals surface area contributed by atoms with Crippen molar-refractivity contribution in [2.75, 3.05) is 0 Å². The number of hydrogen-bond acceptors (Lipinski definition) is 4. The van der Waals surface area contributed by atoms with Crippen LogP contribution in [0.2, 0.25) is 0 Å². The second-order valence-corrected chi connectivity index (χ2v) is 7.59. The maximum atomic E-state index is 10.7. The van der Waals surface area contributed by atoms with E-state index in [4.69, 9.17) is 0 Å². The Morgan fingerprint density at radius 2 is 1.33 bits per heavy atom. The molecule has 0 bridgehead atoms. The van der Waals surface area contributed by atoms with Crippen molar-refractivity contribution in [3.8, 4) is 0 Å². The van der Waals surface area contributed by atoms with E-state index < -0.39 is 15.4 Å². The molecular weight excluding hydrogens is 299 g/mol. The summed E-state index contributed by atoms with van der Waals surface area (Å²) in [6.45, 7) is 3.65. The van der Waals surface area contributed by atoms with Gasteiger partial charge in [-0.15, -0.1) is 0 Å². The molecule has 2 unspecified atom stereocenters. The largest absolute Gasteiger partial charge is 1.00 e. The van der Waals surface area contributed by atoms with Crippen LogP contribution in [0.4, 0.5) is 0 Å². The molecule has 0 aliphatic heterocycles. The van der Waals surface area contributed by atoms with E-state index in [1.807, 2.05) is 0 Å². The van der Waals surface area contributed by atoms with Gasteiger partial charge >= 0.3 is 29.6 Å². The number of unbranched alkanes of at least 4 members (excludes halogenated alkanes) is 6. The van der Waals surface area contributed by atoms with Crippen molar-refractivity contribution in [3.05, 3.63) is 0 Å². The standard InChI is InChI=1S/C15H32O4S.Na/c1-3-4-5-9-12-15(16)13-10-7-6-8-11-14(2)20(17,18)19;/h14-16H,3-13H2,1-2H3,(H,17,18,19);/q;+1/p-1. The summed E-state index contributed by atoms with van der Waals surface area (Å²) in [4.78, 5) is 0. The Balaban J connectivity index is 0. The van der Waals surface area contributed by atoms with Crippen LogP contribution in [0.5, 0.6) is 0 Å². The van der Waals surface area contributed by atoms with Gasteiger partial charge in [-0.05, 0) is 26.2 Å². The summed E-state index contributed by atoms with van der Waals surface area (Å²) in [5.41, 5.74) is 0. The third-order valence-electron chi connectivity index (χ3n) is 3.78. The zero-order chi connectivity index (χ0) is 15.4. The van der Waals surface area contributed by atoms with Gasteiger partial charge in [-0.2, -0.15) is 0 Å². The minimum Gasteiger partial charge on any atom is -0.748 e. The predicted molar refractivity (Wildman–Crippen MR) is 81.6 cm³/mol. The van der Waals surface area contributed by atoms with Gasteiger partial charge in [-0.3, -0.25) is 0 Å². The average Bonchev–Trinajstić information content (AvgIpc) is 2.37. The molecule has 0 saturated heterocycles. The van der Waals surface area contributed by atoms with Crippen LogP contribution in [0, 0.1) is 0 Å². The van der Waals surface area contributed by atoms with Gasteiger partial charge in [-0.1, -0.05) is 58.3 Å². The minimum absolute atomic E-state index is 0. The summed E-state index contributed by atoms with van der Waals surface area (Å²) in [6.07, 6.45) is 10.4. The van der Waals surface area contributed by atoms with Gasteiger partial charge in [0.1, 0.15) is 0 Å². The number of hydrogen-bond donors (Lipinski definition) is 1. The van der Waals surface area contributed by atoms with Crippen LogP contribution < -0.4 is 29.6 Å². The fourth-order valence-corrected chi connectivity index (χ4v) is 2.72. The maximum absolute atomic E-state index is 10.7. The quantitative estimate of drug-likeness (QED) is 0.305. The van der Waals surface area contributed by atoms with E-state index in [0.29, 0.717) is 6.42 Å². The van der Waals surface area contributed by atoms with Crippen LogP contribution >= 0.6 is 0 Å². The van der Waals surface area contributed by atoms with E-state index in [0.717, 1.165) is 44.9 Å². The molecule has 0 amide bonds. The van der Waals surface area contributed by atoms with Gasteiger partial charge < -0.3 is 9.66 Å². The third-order valence-corrected chi connectivity index (χ3v) is 5.00. The molecule has 0 fully saturated rings. The van der Waals surface area contributed by atoms with Crippen molar-refractivity contribution < 1.29 is 47.6 Å². The summed E-state index contributed by atoms with van der Waals surface area (Å²) in [5, 5.41) is 9.01. The molecule has 0 spiro atoms. The van der Waals surface area contributed by atoms with Crippen LogP contribution in [-0.2, 0) is 10.1 Å². The molecule has 0 radical (unpaired) electrons. The van der Waals surface area contributed by atoms with Crippen LogP contribution in [0.15, 0.2) is 0 Å². The molecule has 6 heteroatoms. The van der Waals surface area contributed by atoms with Gasteiger partial charge in [0.05, 0.1) is 16.2 Å². The van der Waals surface area contributed by atoms with E-state index in [2.05, 4.69) is 6.92 Å². The molecule has 0 aliphatic rings. The maximum Gasteiger partial charge on any atom is 1.00 e. The Labute approximate surface area is 153 Å². The van der Waals surface area contributed by atoms with Gasteiger partial charge in [0.15, 0.2) is 0 Å². The Morgan fingerprint density at radius 3 is 1.76 bits per heavy atom. The van der Waals surface area contributed by atoms with Crippen molar-refractivity contribution in [3.63, 3.8) is 0 Å². The zero-order valence-corrected chi connectivity index (χ0v) is 16.8. The molecule has 0 aliphatic carbocycles. The summed E-state index contributed by atoms with van der Waals surface area (Å²) >= 11 is 0. The van der Waals surface area contributed by atoms with Gasteiger partial charge in [-0.25, -0.2) is 8.42 Å². The monoisotopic (exact) mass is 330 g/mol. The van der Waals surface area contributed by atoms with Crippen molar-refractivity contribution in [2.45, 2.75) is 95.8 Å². The summed E-state index contributed by atoms with van der Waals surface area (Å²) in [6, 6.07) is 0. The zero-order valence-electron chi connectivity index (χ0n) is 14.0. The normalized spacial score (nSPS) is 14.5. The molecule has 0 saturated carbocycles. The van der Waals surface area contributed by atoms with Gasteiger partial charge in [0.25, 0.3) is 0 Å². The SMILES string of the molecule is CCCCCCC(O)CCCCCCC(C)S(=O)(=O)[O-].[Na+]. The van der Waals surface area contributed by atoms with E-state index in [-0.39, 0.29) is 35.7 Å². The Kier molecular flexibility index (Phi) is 16.6. The molecule has 0 aromatic rings.